The van der Waals surface area contributed by atoms with E-state index >= 15 is 0 Å². The van der Waals surface area contributed by atoms with Crippen molar-refractivity contribution in [3.05, 3.63) is 51.7 Å². The number of anilines is 1. The van der Waals surface area contributed by atoms with Crippen molar-refractivity contribution < 1.29 is 9.53 Å². The normalized spacial score (nSPS) is 18.0. The van der Waals surface area contributed by atoms with Crippen LogP contribution in [0.25, 0.3) is 0 Å². The van der Waals surface area contributed by atoms with Gasteiger partial charge in [-0.1, -0.05) is 0 Å². The summed E-state index contributed by atoms with van der Waals surface area (Å²) in [4.78, 5) is 37.6. The number of piperidine rings is 1. The predicted molar refractivity (Wildman–Crippen MR) is 105 cm³/mol. The molecule has 2 aromatic rings. The molecule has 1 spiro atoms. The first-order chi connectivity index (χ1) is 13.4. The zero-order chi connectivity index (χ0) is 19.9. The molecule has 1 saturated heterocycles. The number of hydrogen-bond acceptors (Lipinski definition) is 6. The molecule has 0 aliphatic carbocycles. The van der Waals surface area contributed by atoms with Crippen LogP contribution in [0.1, 0.15) is 34.5 Å². The van der Waals surface area contributed by atoms with E-state index < -0.39 is 5.60 Å². The smallest absolute Gasteiger partial charge is 0.254 e. The number of fused-ring (bicyclic) bond motifs is 2. The van der Waals surface area contributed by atoms with Crippen LogP contribution in [0, 0.1) is 0 Å². The average molecular weight is 383 g/mol. The molecule has 2 aromatic heterocycles. The number of amides is 1. The average Bonchev–Trinajstić information content (AvgIpc) is 2.70. The molecule has 0 saturated carbocycles. The van der Waals surface area contributed by atoms with Crippen LogP contribution in [0.4, 0.5) is 5.95 Å². The third-order valence-corrected chi connectivity index (χ3v) is 5.64. The topological polar surface area (TPSA) is 80.6 Å². The molecule has 0 unspecified atom stereocenters. The summed E-state index contributed by atoms with van der Waals surface area (Å²) in [5.74, 6) is 0.558. The first-order valence-corrected chi connectivity index (χ1v) is 9.53. The van der Waals surface area contributed by atoms with E-state index in [1.165, 1.54) is 10.6 Å². The summed E-state index contributed by atoms with van der Waals surface area (Å²) < 4.78 is 7.69. The van der Waals surface area contributed by atoms with Crippen molar-refractivity contribution in [1.29, 1.82) is 0 Å². The van der Waals surface area contributed by atoms with Crippen LogP contribution in [0.3, 0.4) is 0 Å². The SMILES string of the molecule is CN(C)c1ncc2c(n1)C1(CCN(C(=O)c3ccn(C)c(=O)c3)CC1)OCC2. The van der Waals surface area contributed by atoms with E-state index in [1.54, 1.807) is 24.2 Å². The van der Waals surface area contributed by atoms with Crippen molar-refractivity contribution in [2.75, 3.05) is 38.7 Å². The molecule has 0 atom stereocenters. The van der Waals surface area contributed by atoms with Crippen molar-refractivity contribution in [3.8, 4) is 0 Å². The van der Waals surface area contributed by atoms with Crippen LogP contribution in [0.5, 0.6) is 0 Å². The molecule has 8 nitrogen and oxygen atoms in total. The Morgan fingerprint density at radius 2 is 2.04 bits per heavy atom. The van der Waals surface area contributed by atoms with Crippen LogP contribution < -0.4 is 10.5 Å². The number of likely N-dealkylation sites (tertiary alicyclic amines) is 1. The van der Waals surface area contributed by atoms with Gasteiger partial charge < -0.3 is 19.1 Å². The summed E-state index contributed by atoms with van der Waals surface area (Å²) in [6, 6.07) is 3.09. The molecule has 1 amide bonds. The lowest BCUT2D eigenvalue weighted by atomic mass is 9.83. The van der Waals surface area contributed by atoms with Gasteiger partial charge in [0, 0.05) is 58.3 Å². The van der Waals surface area contributed by atoms with Gasteiger partial charge in [0.25, 0.3) is 11.5 Å². The predicted octanol–water partition coefficient (Wildman–Crippen LogP) is 0.946. The molecule has 148 valence electrons. The first kappa shape index (κ1) is 18.6. The molecule has 4 rings (SSSR count). The van der Waals surface area contributed by atoms with E-state index in [4.69, 9.17) is 9.72 Å². The lowest BCUT2D eigenvalue weighted by molar-refractivity contribution is -0.0967. The van der Waals surface area contributed by atoms with Crippen molar-refractivity contribution >= 4 is 11.9 Å². The quantitative estimate of drug-likeness (QED) is 0.768. The lowest BCUT2D eigenvalue weighted by Gasteiger charge is -2.44. The lowest BCUT2D eigenvalue weighted by Crippen LogP contribution is -2.49. The summed E-state index contributed by atoms with van der Waals surface area (Å²) in [7, 11) is 5.51. The minimum atomic E-state index is -0.467. The second kappa shape index (κ2) is 7.01. The van der Waals surface area contributed by atoms with Gasteiger partial charge in [0.15, 0.2) is 0 Å². The molecule has 2 aliphatic rings. The highest BCUT2D eigenvalue weighted by atomic mass is 16.5. The molecular formula is C20H25N5O3. The van der Waals surface area contributed by atoms with Crippen molar-refractivity contribution in [1.82, 2.24) is 19.4 Å². The van der Waals surface area contributed by atoms with E-state index in [0.29, 0.717) is 44.0 Å². The van der Waals surface area contributed by atoms with Crippen LogP contribution in [0.15, 0.2) is 29.3 Å². The van der Waals surface area contributed by atoms with Gasteiger partial charge in [0.1, 0.15) is 5.60 Å². The second-order valence-corrected chi connectivity index (χ2v) is 7.69. The molecule has 0 N–H and O–H groups in total. The second-order valence-electron chi connectivity index (χ2n) is 7.69. The summed E-state index contributed by atoms with van der Waals surface area (Å²) in [6.45, 7) is 1.77. The van der Waals surface area contributed by atoms with E-state index in [1.807, 2.05) is 25.2 Å². The molecule has 0 aromatic carbocycles. The Bertz CT molecular complexity index is 961. The number of nitrogens with zero attached hydrogens (tertiary/aromatic N) is 5. The third kappa shape index (κ3) is 3.17. The maximum Gasteiger partial charge on any atom is 0.254 e. The number of carbonyl (C=O) groups excluding carboxylic acids is 1. The standard InChI is InChI=1S/C20H25N5O3/c1-23(2)19-21-13-15-5-11-28-20(17(15)22-19)6-9-25(10-7-20)18(27)14-4-8-24(3)16(26)12-14/h4,8,12-13H,5-7,9-11H2,1-3H3. The molecule has 0 radical (unpaired) electrons. The number of ether oxygens (including phenoxy) is 1. The number of hydrogen-bond donors (Lipinski definition) is 0. The molecule has 2 aliphatic heterocycles. The fourth-order valence-electron chi connectivity index (χ4n) is 3.93. The molecule has 0 bridgehead atoms. The van der Waals surface area contributed by atoms with Gasteiger partial charge in [0.2, 0.25) is 5.95 Å². The Hall–Kier alpha value is -2.74. The Kier molecular flexibility index (Phi) is 4.66. The van der Waals surface area contributed by atoms with E-state index in [0.717, 1.165) is 17.7 Å². The highest BCUT2D eigenvalue weighted by Crippen LogP contribution is 2.40. The largest absolute Gasteiger partial charge is 0.368 e. The monoisotopic (exact) mass is 383 g/mol. The summed E-state index contributed by atoms with van der Waals surface area (Å²) >= 11 is 0. The van der Waals surface area contributed by atoms with Crippen LogP contribution in [-0.2, 0) is 23.8 Å². The minimum absolute atomic E-state index is 0.111. The van der Waals surface area contributed by atoms with Crippen LogP contribution >= 0.6 is 0 Å². The summed E-state index contributed by atoms with van der Waals surface area (Å²) in [6.07, 6.45) is 5.70. The highest BCUT2D eigenvalue weighted by Gasteiger charge is 2.43. The zero-order valence-corrected chi connectivity index (χ0v) is 16.5. The van der Waals surface area contributed by atoms with E-state index in [-0.39, 0.29) is 11.5 Å². The summed E-state index contributed by atoms with van der Waals surface area (Å²) in [5.41, 5.74) is 1.87. The third-order valence-electron chi connectivity index (χ3n) is 5.64. The van der Waals surface area contributed by atoms with Gasteiger partial charge >= 0.3 is 0 Å². The van der Waals surface area contributed by atoms with Crippen LogP contribution in [-0.4, -0.2) is 59.1 Å². The number of aryl methyl sites for hydroxylation is 1. The Morgan fingerprint density at radius 1 is 1.29 bits per heavy atom. The maximum atomic E-state index is 12.8. The Labute approximate surface area is 163 Å². The minimum Gasteiger partial charge on any atom is -0.368 e. The number of rotatable bonds is 2. The van der Waals surface area contributed by atoms with Gasteiger partial charge in [-0.05, 0) is 30.9 Å². The van der Waals surface area contributed by atoms with Gasteiger partial charge in [-0.25, -0.2) is 9.97 Å². The van der Waals surface area contributed by atoms with Crippen molar-refractivity contribution in [2.24, 2.45) is 7.05 Å². The Morgan fingerprint density at radius 3 is 2.71 bits per heavy atom. The van der Waals surface area contributed by atoms with Crippen LogP contribution in [0.2, 0.25) is 0 Å². The first-order valence-electron chi connectivity index (χ1n) is 9.53. The Balaban J connectivity index is 1.56. The van der Waals surface area contributed by atoms with Gasteiger partial charge in [-0.3, -0.25) is 9.59 Å². The van der Waals surface area contributed by atoms with Gasteiger partial charge in [-0.15, -0.1) is 0 Å². The molecule has 8 heteroatoms. The highest BCUT2D eigenvalue weighted by molar-refractivity contribution is 5.94. The fraction of sp³-hybridized carbons (Fsp3) is 0.500. The summed E-state index contributed by atoms with van der Waals surface area (Å²) in [5, 5.41) is 0. The molecular weight excluding hydrogens is 358 g/mol. The molecule has 1 fully saturated rings. The molecule has 4 heterocycles. The maximum absolute atomic E-state index is 12.8. The van der Waals surface area contributed by atoms with E-state index in [9.17, 15) is 9.59 Å². The molecule has 28 heavy (non-hydrogen) atoms. The zero-order valence-electron chi connectivity index (χ0n) is 16.5. The number of carbonyl (C=O) groups is 1. The fourth-order valence-corrected chi connectivity index (χ4v) is 3.93. The van der Waals surface area contributed by atoms with Crippen molar-refractivity contribution in [3.63, 3.8) is 0 Å². The van der Waals surface area contributed by atoms with Gasteiger partial charge in [-0.2, -0.15) is 0 Å². The van der Waals surface area contributed by atoms with E-state index in [2.05, 4.69) is 4.98 Å². The van der Waals surface area contributed by atoms with Gasteiger partial charge in [0.05, 0.1) is 12.3 Å². The number of aromatic nitrogens is 3. The number of pyridine rings is 1. The van der Waals surface area contributed by atoms with Crippen molar-refractivity contribution in [2.45, 2.75) is 24.9 Å².